The Morgan fingerprint density at radius 3 is 2.96 bits per heavy atom. The highest BCUT2D eigenvalue weighted by atomic mass is 32.2. The van der Waals surface area contributed by atoms with Gasteiger partial charge in [0.1, 0.15) is 10.7 Å². The van der Waals surface area contributed by atoms with Crippen molar-refractivity contribution in [1.82, 2.24) is 15.3 Å². The first-order chi connectivity index (χ1) is 12.0. The number of rotatable bonds is 6. The molecule has 0 aliphatic carbocycles. The summed E-state index contributed by atoms with van der Waals surface area (Å²) in [7, 11) is 0. The summed E-state index contributed by atoms with van der Waals surface area (Å²) in [4.78, 5) is 34.7. The first-order valence-electron chi connectivity index (χ1n) is 7.85. The summed E-state index contributed by atoms with van der Waals surface area (Å²) in [5, 5.41) is 5.66. The second-order valence-electron chi connectivity index (χ2n) is 5.77. The maximum absolute atomic E-state index is 12.2. The van der Waals surface area contributed by atoms with Gasteiger partial charge in [0.25, 0.3) is 5.56 Å². The van der Waals surface area contributed by atoms with Gasteiger partial charge in [-0.2, -0.15) is 0 Å². The minimum absolute atomic E-state index is 0.0134. The van der Waals surface area contributed by atoms with E-state index in [2.05, 4.69) is 15.3 Å². The molecule has 0 bridgehead atoms. The Morgan fingerprint density at radius 2 is 2.24 bits per heavy atom. The second kappa shape index (κ2) is 7.72. The zero-order valence-corrected chi connectivity index (χ0v) is 16.7. The van der Waals surface area contributed by atoms with Crippen LogP contribution < -0.4 is 10.9 Å². The molecule has 3 aromatic heterocycles. The van der Waals surface area contributed by atoms with Crippen LogP contribution in [0.2, 0.25) is 0 Å². The van der Waals surface area contributed by atoms with Gasteiger partial charge in [-0.15, -0.1) is 34.4 Å². The van der Waals surface area contributed by atoms with E-state index in [0.717, 1.165) is 20.1 Å². The number of amides is 1. The quantitative estimate of drug-likeness (QED) is 0.668. The fourth-order valence-electron chi connectivity index (χ4n) is 2.50. The van der Waals surface area contributed by atoms with Crippen molar-refractivity contribution in [2.75, 3.05) is 5.75 Å². The van der Waals surface area contributed by atoms with Crippen molar-refractivity contribution >= 4 is 50.6 Å². The van der Waals surface area contributed by atoms with Gasteiger partial charge in [0.05, 0.1) is 22.9 Å². The summed E-state index contributed by atoms with van der Waals surface area (Å²) < 4.78 is 0. The van der Waals surface area contributed by atoms with Crippen molar-refractivity contribution in [1.29, 1.82) is 0 Å². The molecule has 0 radical (unpaired) electrons. The molecule has 0 spiro atoms. The third kappa shape index (κ3) is 4.13. The minimum atomic E-state index is -0.0989. The lowest BCUT2D eigenvalue weighted by Crippen LogP contribution is -2.27. The van der Waals surface area contributed by atoms with Crippen LogP contribution in [0.15, 0.2) is 22.3 Å². The lowest BCUT2D eigenvalue weighted by atomic mass is 10.2. The van der Waals surface area contributed by atoms with Crippen LogP contribution in [0.4, 0.5) is 0 Å². The van der Waals surface area contributed by atoms with Gasteiger partial charge >= 0.3 is 0 Å². The van der Waals surface area contributed by atoms with Crippen LogP contribution in [0.1, 0.15) is 34.1 Å². The molecular weight excluding hydrogens is 374 g/mol. The smallest absolute Gasteiger partial charge is 0.259 e. The number of thioether (sulfide) groups is 1. The molecule has 8 heteroatoms. The van der Waals surface area contributed by atoms with Crippen LogP contribution in [-0.4, -0.2) is 21.6 Å². The molecule has 0 fully saturated rings. The van der Waals surface area contributed by atoms with E-state index in [9.17, 15) is 9.59 Å². The van der Waals surface area contributed by atoms with E-state index in [-0.39, 0.29) is 17.5 Å². The van der Waals surface area contributed by atoms with Gasteiger partial charge in [-0.25, -0.2) is 4.98 Å². The molecular formula is C17H19N3O2S3. The fourth-order valence-corrected chi connectivity index (χ4v) is 4.98. The topological polar surface area (TPSA) is 74.8 Å². The Bertz CT molecular complexity index is 944. The Hall–Kier alpha value is -1.64. The lowest BCUT2D eigenvalue weighted by Gasteiger charge is -2.11. The predicted octanol–water partition coefficient (Wildman–Crippen LogP) is 3.77. The Kier molecular flexibility index (Phi) is 5.61. The fraction of sp³-hybridized carbons (Fsp3) is 0.353. The van der Waals surface area contributed by atoms with E-state index < -0.39 is 0 Å². The van der Waals surface area contributed by atoms with E-state index in [1.807, 2.05) is 38.3 Å². The minimum Gasteiger partial charge on any atom is -0.348 e. The van der Waals surface area contributed by atoms with Crippen LogP contribution >= 0.6 is 34.4 Å². The molecule has 0 aliphatic heterocycles. The van der Waals surface area contributed by atoms with Crippen molar-refractivity contribution in [3.63, 3.8) is 0 Å². The molecule has 5 nitrogen and oxygen atoms in total. The highest BCUT2D eigenvalue weighted by molar-refractivity contribution is 7.99. The van der Waals surface area contributed by atoms with E-state index in [4.69, 9.17) is 0 Å². The number of thiophene rings is 2. The van der Waals surface area contributed by atoms with Gasteiger partial charge in [-0.3, -0.25) is 9.59 Å². The monoisotopic (exact) mass is 393 g/mol. The Balaban J connectivity index is 1.58. The average molecular weight is 394 g/mol. The number of aromatic amines is 1. The number of H-pyrrole nitrogens is 1. The summed E-state index contributed by atoms with van der Waals surface area (Å²) in [5.74, 6) is 1.43. The molecule has 3 rings (SSSR count). The molecule has 2 N–H and O–H groups in total. The largest absolute Gasteiger partial charge is 0.348 e. The molecule has 0 unspecified atom stereocenters. The molecule has 0 aliphatic rings. The number of nitrogens with zero attached hydrogens (tertiary/aromatic N) is 1. The average Bonchev–Trinajstić information content (AvgIpc) is 3.17. The number of aromatic nitrogens is 2. The van der Waals surface area contributed by atoms with E-state index in [0.29, 0.717) is 22.7 Å². The van der Waals surface area contributed by atoms with Crippen molar-refractivity contribution in [2.45, 2.75) is 32.6 Å². The first-order valence-corrected chi connectivity index (χ1v) is 10.7. The predicted molar refractivity (Wildman–Crippen MR) is 107 cm³/mol. The summed E-state index contributed by atoms with van der Waals surface area (Å²) in [6.45, 7) is 5.91. The van der Waals surface area contributed by atoms with Gasteiger partial charge in [0.2, 0.25) is 5.91 Å². The lowest BCUT2D eigenvalue weighted by molar-refractivity contribution is -0.119. The standard InChI is InChI=1S/C17H19N3O2S3/c1-9-11(3)25-17-15(9)16(22)19-13(20-17)7-23-8-14(21)18-10(2)12-5-4-6-24-12/h4-6,10H,7-8H2,1-3H3,(H,18,21)(H,19,20,22)/t10-/m1/s1. The maximum atomic E-state index is 12.2. The molecule has 1 amide bonds. The number of hydrogen-bond donors (Lipinski definition) is 2. The van der Waals surface area contributed by atoms with Crippen LogP contribution in [0, 0.1) is 13.8 Å². The number of aryl methyl sites for hydroxylation is 2. The van der Waals surface area contributed by atoms with Gasteiger partial charge in [0.15, 0.2) is 0 Å². The van der Waals surface area contributed by atoms with Crippen molar-refractivity contribution in [3.8, 4) is 0 Å². The summed E-state index contributed by atoms with van der Waals surface area (Å²) in [5.41, 5.74) is 0.896. The van der Waals surface area contributed by atoms with Crippen LogP contribution in [-0.2, 0) is 10.5 Å². The number of carbonyl (C=O) groups excluding carboxylic acids is 1. The summed E-state index contributed by atoms with van der Waals surface area (Å²) in [6.07, 6.45) is 0. The van der Waals surface area contributed by atoms with Gasteiger partial charge in [0, 0.05) is 9.75 Å². The van der Waals surface area contributed by atoms with Gasteiger partial charge in [-0.1, -0.05) is 6.07 Å². The van der Waals surface area contributed by atoms with Crippen molar-refractivity contribution < 1.29 is 4.79 Å². The molecule has 0 saturated carbocycles. The molecule has 1 atom stereocenters. The number of hydrogen-bond acceptors (Lipinski definition) is 6. The SMILES string of the molecule is Cc1sc2nc(CSCC(=O)N[C@H](C)c3cccs3)[nH]c(=O)c2c1C. The van der Waals surface area contributed by atoms with Crippen LogP contribution in [0.5, 0.6) is 0 Å². The molecule has 3 aromatic rings. The molecule has 0 aromatic carbocycles. The van der Waals surface area contributed by atoms with Crippen LogP contribution in [0.25, 0.3) is 10.2 Å². The van der Waals surface area contributed by atoms with Crippen molar-refractivity contribution in [3.05, 3.63) is 49.0 Å². The number of carbonyl (C=O) groups is 1. The molecule has 0 saturated heterocycles. The third-order valence-electron chi connectivity index (χ3n) is 3.91. The third-order valence-corrected chi connectivity index (χ3v) is 7.01. The van der Waals surface area contributed by atoms with E-state index in [1.54, 1.807) is 11.3 Å². The maximum Gasteiger partial charge on any atom is 0.259 e. The molecule has 25 heavy (non-hydrogen) atoms. The molecule has 132 valence electrons. The Morgan fingerprint density at radius 1 is 1.44 bits per heavy atom. The van der Waals surface area contributed by atoms with E-state index in [1.165, 1.54) is 23.1 Å². The van der Waals surface area contributed by atoms with Gasteiger partial charge < -0.3 is 10.3 Å². The first kappa shape index (κ1) is 18.2. The summed E-state index contributed by atoms with van der Waals surface area (Å²) >= 11 is 4.61. The number of nitrogens with one attached hydrogen (secondary N) is 2. The van der Waals surface area contributed by atoms with Gasteiger partial charge in [-0.05, 0) is 37.8 Å². The highest BCUT2D eigenvalue weighted by Crippen LogP contribution is 2.26. The zero-order valence-electron chi connectivity index (χ0n) is 14.2. The zero-order chi connectivity index (χ0) is 18.0. The van der Waals surface area contributed by atoms with E-state index >= 15 is 0 Å². The normalized spacial score (nSPS) is 12.4. The Labute approximate surface area is 157 Å². The second-order valence-corrected chi connectivity index (χ2v) is 8.94. The van der Waals surface area contributed by atoms with Crippen LogP contribution in [0.3, 0.4) is 0 Å². The number of fused-ring (bicyclic) bond motifs is 1. The van der Waals surface area contributed by atoms with Crippen molar-refractivity contribution in [2.24, 2.45) is 0 Å². The highest BCUT2D eigenvalue weighted by Gasteiger charge is 2.13. The molecule has 3 heterocycles. The summed E-state index contributed by atoms with van der Waals surface area (Å²) in [6, 6.07) is 4.00.